The largest absolute Gasteiger partial charge is 0.398 e. The molecule has 0 spiro atoms. The molecular formula is C12H19BrN2. The molecule has 3 heteroatoms. The van der Waals surface area contributed by atoms with Crippen LogP contribution in [0.2, 0.25) is 0 Å². The van der Waals surface area contributed by atoms with E-state index in [2.05, 4.69) is 47.8 Å². The first kappa shape index (κ1) is 12.5. The second-order valence-corrected chi connectivity index (χ2v) is 4.79. The zero-order chi connectivity index (χ0) is 11.4. The number of halogens is 1. The molecule has 15 heavy (non-hydrogen) atoms. The van der Waals surface area contributed by atoms with Crippen molar-refractivity contribution in [2.24, 2.45) is 0 Å². The summed E-state index contributed by atoms with van der Waals surface area (Å²) in [4.78, 5) is 2.33. The number of anilines is 1. The molecule has 2 nitrogen and oxygen atoms in total. The van der Waals surface area contributed by atoms with Gasteiger partial charge in [0, 0.05) is 22.7 Å². The highest BCUT2D eigenvalue weighted by atomic mass is 79.9. The zero-order valence-corrected chi connectivity index (χ0v) is 11.2. The van der Waals surface area contributed by atoms with Crippen LogP contribution in [0.15, 0.2) is 22.7 Å². The van der Waals surface area contributed by atoms with Gasteiger partial charge < -0.3 is 5.73 Å². The van der Waals surface area contributed by atoms with Gasteiger partial charge in [-0.25, -0.2) is 0 Å². The lowest BCUT2D eigenvalue weighted by atomic mass is 10.1. The van der Waals surface area contributed by atoms with Crippen LogP contribution >= 0.6 is 15.9 Å². The average molecular weight is 271 g/mol. The van der Waals surface area contributed by atoms with Crippen LogP contribution in [0.25, 0.3) is 0 Å². The number of hydrogen-bond acceptors (Lipinski definition) is 2. The molecule has 0 aliphatic rings. The van der Waals surface area contributed by atoms with Crippen molar-refractivity contribution in [3.8, 4) is 0 Å². The summed E-state index contributed by atoms with van der Waals surface area (Å²) in [6.45, 7) is 5.37. The third-order valence-corrected chi connectivity index (χ3v) is 3.84. The Bertz CT molecular complexity index is 325. The van der Waals surface area contributed by atoms with E-state index < -0.39 is 0 Å². The summed E-state index contributed by atoms with van der Waals surface area (Å²) >= 11 is 3.53. The number of nitrogens with two attached hydrogens (primary N) is 1. The fourth-order valence-electron chi connectivity index (χ4n) is 1.46. The molecule has 0 aliphatic heterocycles. The third kappa shape index (κ3) is 3.21. The first-order valence-corrected chi connectivity index (χ1v) is 6.08. The van der Waals surface area contributed by atoms with Crippen LogP contribution in [0.5, 0.6) is 0 Å². The molecule has 1 aromatic rings. The minimum Gasteiger partial charge on any atom is -0.398 e. The van der Waals surface area contributed by atoms with Gasteiger partial charge in [0.25, 0.3) is 0 Å². The van der Waals surface area contributed by atoms with Crippen molar-refractivity contribution in [3.05, 3.63) is 28.2 Å². The summed E-state index contributed by atoms with van der Waals surface area (Å²) in [5.74, 6) is 0. The zero-order valence-electron chi connectivity index (χ0n) is 9.63. The summed E-state index contributed by atoms with van der Waals surface area (Å²) < 4.78 is 1.03. The molecule has 1 rings (SSSR count). The first-order chi connectivity index (χ1) is 7.06. The standard InChI is InChI=1S/C12H19BrN2/c1-4-9(2)15(3)8-10-6-5-7-11(14)12(10)13/h5-7,9H,4,8,14H2,1-3H3. The van der Waals surface area contributed by atoms with Crippen molar-refractivity contribution in [1.29, 1.82) is 0 Å². The molecular weight excluding hydrogens is 252 g/mol. The lowest BCUT2D eigenvalue weighted by molar-refractivity contribution is 0.243. The Hall–Kier alpha value is -0.540. The fourth-order valence-corrected chi connectivity index (χ4v) is 1.85. The molecule has 1 unspecified atom stereocenters. The normalized spacial score (nSPS) is 13.1. The van der Waals surface area contributed by atoms with Crippen LogP contribution in [0.1, 0.15) is 25.8 Å². The van der Waals surface area contributed by atoms with Crippen molar-refractivity contribution >= 4 is 21.6 Å². The van der Waals surface area contributed by atoms with Gasteiger partial charge in [-0.3, -0.25) is 4.90 Å². The number of benzene rings is 1. The van der Waals surface area contributed by atoms with Crippen molar-refractivity contribution < 1.29 is 0 Å². The Kier molecular flexibility index (Phi) is 4.61. The molecule has 1 atom stereocenters. The van der Waals surface area contributed by atoms with Crippen LogP contribution < -0.4 is 5.73 Å². The van der Waals surface area contributed by atoms with E-state index in [0.29, 0.717) is 6.04 Å². The van der Waals surface area contributed by atoms with Gasteiger partial charge in [0.15, 0.2) is 0 Å². The maximum Gasteiger partial charge on any atom is 0.0461 e. The molecule has 84 valence electrons. The number of rotatable bonds is 4. The Morgan fingerprint density at radius 2 is 2.13 bits per heavy atom. The SMILES string of the molecule is CCC(C)N(C)Cc1cccc(N)c1Br. The van der Waals surface area contributed by atoms with Crippen LogP contribution in [0.3, 0.4) is 0 Å². The fraction of sp³-hybridized carbons (Fsp3) is 0.500. The molecule has 0 amide bonds. The van der Waals surface area contributed by atoms with Crippen molar-refractivity contribution in [2.45, 2.75) is 32.9 Å². The summed E-state index contributed by atoms with van der Waals surface area (Å²) in [5.41, 5.74) is 7.90. The van der Waals surface area contributed by atoms with Gasteiger partial charge in [0.05, 0.1) is 0 Å². The Labute approximate surface area is 101 Å². The van der Waals surface area contributed by atoms with Gasteiger partial charge in [-0.05, 0) is 48.0 Å². The predicted molar refractivity (Wildman–Crippen MR) is 69.8 cm³/mol. The molecule has 0 fully saturated rings. The van der Waals surface area contributed by atoms with Crippen LogP contribution in [0.4, 0.5) is 5.69 Å². The van der Waals surface area contributed by atoms with E-state index in [-0.39, 0.29) is 0 Å². The Morgan fingerprint density at radius 1 is 1.47 bits per heavy atom. The molecule has 2 N–H and O–H groups in total. The van der Waals surface area contributed by atoms with Crippen molar-refractivity contribution in [3.63, 3.8) is 0 Å². The summed E-state index contributed by atoms with van der Waals surface area (Å²) in [5, 5.41) is 0. The van der Waals surface area contributed by atoms with E-state index in [1.165, 1.54) is 5.56 Å². The quantitative estimate of drug-likeness (QED) is 0.852. The van der Waals surface area contributed by atoms with Gasteiger partial charge in [-0.1, -0.05) is 19.1 Å². The van der Waals surface area contributed by atoms with E-state index >= 15 is 0 Å². The van der Waals surface area contributed by atoms with Crippen molar-refractivity contribution in [1.82, 2.24) is 4.90 Å². The molecule has 0 aliphatic carbocycles. The third-order valence-electron chi connectivity index (χ3n) is 2.87. The lowest BCUT2D eigenvalue weighted by Gasteiger charge is -2.24. The summed E-state index contributed by atoms with van der Waals surface area (Å²) in [6, 6.07) is 6.62. The number of hydrogen-bond donors (Lipinski definition) is 1. The maximum absolute atomic E-state index is 5.84. The van der Waals surface area contributed by atoms with Crippen LogP contribution in [-0.4, -0.2) is 18.0 Å². The summed E-state index contributed by atoms with van der Waals surface area (Å²) in [6.07, 6.45) is 1.16. The maximum atomic E-state index is 5.84. The molecule has 0 saturated heterocycles. The van der Waals surface area contributed by atoms with Crippen LogP contribution in [-0.2, 0) is 6.54 Å². The molecule has 1 aromatic carbocycles. The average Bonchev–Trinajstić information content (AvgIpc) is 2.23. The number of nitrogens with zero attached hydrogens (tertiary/aromatic N) is 1. The minimum atomic E-state index is 0.596. The van der Waals surface area contributed by atoms with Gasteiger partial charge in [0.2, 0.25) is 0 Å². The van der Waals surface area contributed by atoms with E-state index in [1.54, 1.807) is 0 Å². The van der Waals surface area contributed by atoms with E-state index in [0.717, 1.165) is 23.1 Å². The minimum absolute atomic E-state index is 0.596. The highest BCUT2D eigenvalue weighted by Gasteiger charge is 2.10. The van der Waals surface area contributed by atoms with Crippen LogP contribution in [0, 0.1) is 0 Å². The smallest absolute Gasteiger partial charge is 0.0461 e. The topological polar surface area (TPSA) is 29.3 Å². The van der Waals surface area contributed by atoms with Gasteiger partial charge in [0.1, 0.15) is 0 Å². The number of nitrogen functional groups attached to an aromatic ring is 1. The monoisotopic (exact) mass is 270 g/mol. The Morgan fingerprint density at radius 3 is 2.73 bits per heavy atom. The molecule has 0 aromatic heterocycles. The molecule has 0 radical (unpaired) electrons. The van der Waals surface area contributed by atoms with E-state index in [1.807, 2.05) is 12.1 Å². The second-order valence-electron chi connectivity index (χ2n) is 3.99. The van der Waals surface area contributed by atoms with Gasteiger partial charge in [-0.2, -0.15) is 0 Å². The van der Waals surface area contributed by atoms with Crippen molar-refractivity contribution in [2.75, 3.05) is 12.8 Å². The van der Waals surface area contributed by atoms with E-state index in [4.69, 9.17) is 5.73 Å². The summed E-state index contributed by atoms with van der Waals surface area (Å²) in [7, 11) is 2.14. The molecule has 0 heterocycles. The second kappa shape index (κ2) is 5.52. The van der Waals surface area contributed by atoms with Gasteiger partial charge in [-0.15, -0.1) is 0 Å². The molecule has 0 bridgehead atoms. The predicted octanol–water partition coefficient (Wildman–Crippen LogP) is 3.26. The first-order valence-electron chi connectivity index (χ1n) is 5.29. The molecule has 0 saturated carbocycles. The highest BCUT2D eigenvalue weighted by molar-refractivity contribution is 9.10. The lowest BCUT2D eigenvalue weighted by Crippen LogP contribution is -2.27. The highest BCUT2D eigenvalue weighted by Crippen LogP contribution is 2.25. The Balaban J connectivity index is 2.76. The van der Waals surface area contributed by atoms with E-state index in [9.17, 15) is 0 Å². The van der Waals surface area contributed by atoms with Gasteiger partial charge >= 0.3 is 0 Å².